The summed E-state index contributed by atoms with van der Waals surface area (Å²) in [5.74, 6) is -1.15. The Bertz CT molecular complexity index is 522. The van der Waals surface area contributed by atoms with Crippen LogP contribution in [0.4, 0.5) is 4.79 Å². The van der Waals surface area contributed by atoms with Crippen LogP contribution in [0.3, 0.4) is 0 Å². The van der Waals surface area contributed by atoms with Gasteiger partial charge in [0.25, 0.3) is 0 Å². The molecule has 0 aliphatic rings. The number of rotatable bonds is 3. The van der Waals surface area contributed by atoms with Crippen LogP contribution in [0.2, 0.25) is 0 Å². The van der Waals surface area contributed by atoms with Gasteiger partial charge in [0.1, 0.15) is 5.60 Å². The fourth-order valence-corrected chi connectivity index (χ4v) is 1.90. The molecule has 0 radical (unpaired) electrons. The number of carboxylic acid groups (broad SMARTS) is 1. The average Bonchev–Trinajstić information content (AvgIpc) is 2.27. The molecule has 5 nitrogen and oxygen atoms in total. The number of aryl methyl sites for hydroxylation is 1. The number of carbonyl (C=O) groups excluding carboxylic acids is 1. The van der Waals surface area contributed by atoms with Crippen molar-refractivity contribution in [1.82, 2.24) is 5.32 Å². The Balaban J connectivity index is 2.92. The van der Waals surface area contributed by atoms with E-state index < -0.39 is 23.7 Å². The maximum atomic E-state index is 11.7. The van der Waals surface area contributed by atoms with E-state index in [1.54, 1.807) is 39.0 Å². The van der Waals surface area contributed by atoms with E-state index in [4.69, 9.17) is 4.74 Å². The fraction of sp³-hybridized carbons (Fsp3) is 0.429. The van der Waals surface area contributed by atoms with Crippen LogP contribution in [-0.2, 0) is 9.53 Å². The number of benzene rings is 1. The van der Waals surface area contributed by atoms with Crippen LogP contribution in [0.1, 0.15) is 37.9 Å². The zero-order valence-electron chi connectivity index (χ0n) is 11.9. The van der Waals surface area contributed by atoms with Crippen molar-refractivity contribution in [3.63, 3.8) is 0 Å². The summed E-state index contributed by atoms with van der Waals surface area (Å²) in [7, 11) is 0. The molecule has 1 rings (SSSR count). The lowest BCUT2D eigenvalue weighted by Crippen LogP contribution is -2.38. The number of amides is 1. The van der Waals surface area contributed by atoms with Gasteiger partial charge in [-0.3, -0.25) is 0 Å². The Hall–Kier alpha value is -1.56. The highest BCUT2D eigenvalue weighted by atomic mass is 79.9. The van der Waals surface area contributed by atoms with Crippen LogP contribution in [-0.4, -0.2) is 22.8 Å². The summed E-state index contributed by atoms with van der Waals surface area (Å²) < 4.78 is 5.85. The van der Waals surface area contributed by atoms with Crippen LogP contribution in [0.25, 0.3) is 0 Å². The second kappa shape index (κ2) is 6.26. The van der Waals surface area contributed by atoms with E-state index in [0.717, 1.165) is 10.0 Å². The number of carboxylic acids is 1. The molecule has 0 aliphatic carbocycles. The summed E-state index contributed by atoms with van der Waals surface area (Å²) in [6.45, 7) is 7.03. The van der Waals surface area contributed by atoms with Crippen molar-refractivity contribution >= 4 is 28.0 Å². The summed E-state index contributed by atoms with van der Waals surface area (Å²) in [6.07, 6.45) is -0.762. The Labute approximate surface area is 126 Å². The third-order valence-corrected chi connectivity index (χ3v) is 3.29. The smallest absolute Gasteiger partial charge is 0.408 e. The van der Waals surface area contributed by atoms with Gasteiger partial charge in [0.2, 0.25) is 0 Å². The number of nitrogens with one attached hydrogen (secondary N) is 1. The second-order valence-electron chi connectivity index (χ2n) is 5.43. The van der Waals surface area contributed by atoms with Crippen molar-refractivity contribution in [2.24, 2.45) is 0 Å². The number of hydrogen-bond acceptors (Lipinski definition) is 3. The molecule has 0 fully saturated rings. The van der Waals surface area contributed by atoms with Gasteiger partial charge in [-0.15, -0.1) is 0 Å². The van der Waals surface area contributed by atoms with Crippen molar-refractivity contribution in [1.29, 1.82) is 0 Å². The molecule has 6 heteroatoms. The quantitative estimate of drug-likeness (QED) is 0.881. The van der Waals surface area contributed by atoms with Crippen LogP contribution in [0.5, 0.6) is 0 Å². The van der Waals surface area contributed by atoms with Gasteiger partial charge >= 0.3 is 12.1 Å². The Kier molecular flexibility index (Phi) is 5.16. The fourth-order valence-electron chi connectivity index (χ4n) is 1.50. The summed E-state index contributed by atoms with van der Waals surface area (Å²) in [6, 6.07) is 3.97. The monoisotopic (exact) mass is 343 g/mol. The first-order valence-electron chi connectivity index (χ1n) is 6.08. The molecule has 0 saturated carbocycles. The van der Waals surface area contributed by atoms with Gasteiger partial charge in [-0.05, 0) is 44.9 Å². The van der Waals surface area contributed by atoms with E-state index in [-0.39, 0.29) is 0 Å². The Morgan fingerprint density at radius 2 is 1.95 bits per heavy atom. The molecule has 1 atom stereocenters. The van der Waals surface area contributed by atoms with E-state index in [1.807, 2.05) is 6.92 Å². The lowest BCUT2D eigenvalue weighted by atomic mass is 10.1. The minimum Gasteiger partial charge on any atom is -0.479 e. The van der Waals surface area contributed by atoms with Gasteiger partial charge in [-0.2, -0.15) is 0 Å². The van der Waals surface area contributed by atoms with Gasteiger partial charge in [0.15, 0.2) is 6.04 Å². The highest BCUT2D eigenvalue weighted by molar-refractivity contribution is 9.10. The molecule has 1 amide bonds. The number of alkyl carbamates (subject to hydrolysis) is 1. The third kappa shape index (κ3) is 4.85. The standard InChI is InChI=1S/C14H18BrNO4/c1-8-5-6-9(7-10(8)15)11(12(17)18)16-13(19)20-14(2,3)4/h5-7,11H,1-4H3,(H,16,19)(H,17,18). The van der Waals surface area contributed by atoms with E-state index >= 15 is 0 Å². The Morgan fingerprint density at radius 1 is 1.35 bits per heavy atom. The second-order valence-corrected chi connectivity index (χ2v) is 6.28. The zero-order valence-corrected chi connectivity index (χ0v) is 13.4. The van der Waals surface area contributed by atoms with Crippen molar-refractivity contribution in [3.8, 4) is 0 Å². The predicted octanol–water partition coefficient (Wildman–Crippen LogP) is 3.41. The van der Waals surface area contributed by atoms with E-state index in [0.29, 0.717) is 5.56 Å². The number of carbonyl (C=O) groups is 2. The van der Waals surface area contributed by atoms with Gasteiger partial charge in [0, 0.05) is 4.47 Å². The van der Waals surface area contributed by atoms with E-state index in [2.05, 4.69) is 21.2 Å². The van der Waals surface area contributed by atoms with Crippen LogP contribution < -0.4 is 5.32 Å². The minimum atomic E-state index is -1.15. The van der Waals surface area contributed by atoms with Gasteiger partial charge < -0.3 is 15.2 Å². The van der Waals surface area contributed by atoms with E-state index in [9.17, 15) is 14.7 Å². The highest BCUT2D eigenvalue weighted by Gasteiger charge is 2.25. The molecule has 1 aromatic rings. The topological polar surface area (TPSA) is 75.6 Å². The first kappa shape index (κ1) is 16.5. The minimum absolute atomic E-state index is 0.473. The molecule has 20 heavy (non-hydrogen) atoms. The molecule has 0 saturated heterocycles. The van der Waals surface area contributed by atoms with Crippen molar-refractivity contribution in [3.05, 3.63) is 33.8 Å². The zero-order chi connectivity index (χ0) is 15.5. The molecule has 1 unspecified atom stereocenters. The van der Waals surface area contributed by atoms with Crippen LogP contribution in [0.15, 0.2) is 22.7 Å². The van der Waals surface area contributed by atoms with E-state index in [1.165, 1.54) is 0 Å². The van der Waals surface area contributed by atoms with Crippen molar-refractivity contribution in [2.75, 3.05) is 0 Å². The third-order valence-electron chi connectivity index (χ3n) is 2.44. The predicted molar refractivity (Wildman–Crippen MR) is 78.6 cm³/mol. The maximum absolute atomic E-state index is 11.7. The molecule has 2 N–H and O–H groups in total. The molecule has 0 aliphatic heterocycles. The summed E-state index contributed by atoms with van der Waals surface area (Å²) in [5.41, 5.74) is 0.775. The molecule has 0 heterocycles. The molecular formula is C14H18BrNO4. The number of ether oxygens (including phenoxy) is 1. The lowest BCUT2D eigenvalue weighted by molar-refractivity contribution is -0.139. The highest BCUT2D eigenvalue weighted by Crippen LogP contribution is 2.22. The van der Waals surface area contributed by atoms with Gasteiger partial charge in [0.05, 0.1) is 0 Å². The van der Waals surface area contributed by atoms with Crippen molar-refractivity contribution < 1.29 is 19.4 Å². The first-order valence-corrected chi connectivity index (χ1v) is 6.88. The van der Waals surface area contributed by atoms with Crippen molar-refractivity contribution in [2.45, 2.75) is 39.3 Å². The summed E-state index contributed by atoms with van der Waals surface area (Å²) >= 11 is 3.34. The largest absolute Gasteiger partial charge is 0.479 e. The van der Waals surface area contributed by atoms with Crippen LogP contribution in [0, 0.1) is 6.92 Å². The first-order chi connectivity index (χ1) is 9.10. The SMILES string of the molecule is Cc1ccc(C(NC(=O)OC(C)(C)C)C(=O)O)cc1Br. The summed E-state index contributed by atoms with van der Waals surface area (Å²) in [4.78, 5) is 23.0. The van der Waals surface area contributed by atoms with Gasteiger partial charge in [-0.1, -0.05) is 28.1 Å². The molecular weight excluding hydrogens is 326 g/mol. The lowest BCUT2D eigenvalue weighted by Gasteiger charge is -2.22. The van der Waals surface area contributed by atoms with Crippen LogP contribution >= 0.6 is 15.9 Å². The Morgan fingerprint density at radius 3 is 2.40 bits per heavy atom. The molecule has 0 aromatic heterocycles. The molecule has 110 valence electrons. The molecule has 0 spiro atoms. The summed E-state index contributed by atoms with van der Waals surface area (Å²) in [5, 5.41) is 11.6. The normalized spacial score (nSPS) is 12.7. The number of halogens is 1. The molecule has 0 bridgehead atoms. The maximum Gasteiger partial charge on any atom is 0.408 e. The molecule has 1 aromatic carbocycles. The average molecular weight is 344 g/mol. The van der Waals surface area contributed by atoms with Gasteiger partial charge in [-0.25, -0.2) is 9.59 Å². The number of hydrogen-bond donors (Lipinski definition) is 2. The number of aliphatic carboxylic acids is 1.